The highest BCUT2D eigenvalue weighted by Gasteiger charge is 2.35. The zero-order valence-corrected chi connectivity index (χ0v) is 28.6. The Morgan fingerprint density at radius 1 is 0.804 bits per heavy atom. The van der Waals surface area contributed by atoms with E-state index in [2.05, 4.69) is 19.2 Å². The first-order chi connectivity index (χ1) is 21.7. The van der Waals surface area contributed by atoms with Gasteiger partial charge in [-0.1, -0.05) is 98.2 Å². The Morgan fingerprint density at radius 3 is 1.96 bits per heavy atom. The smallest absolute Gasteiger partial charge is 0.264 e. The molecule has 4 aromatic carbocycles. The molecule has 242 valence electrons. The molecule has 4 aromatic rings. The number of halogens is 1. The maximum Gasteiger partial charge on any atom is 0.264 e. The first kappa shape index (κ1) is 34.7. The molecule has 7 nitrogen and oxygen atoms in total. The van der Waals surface area contributed by atoms with Crippen molar-refractivity contribution in [2.75, 3.05) is 10.8 Å². The fourth-order valence-electron chi connectivity index (χ4n) is 5.11. The first-order valence-electron chi connectivity index (χ1n) is 15.3. The lowest BCUT2D eigenvalue weighted by Crippen LogP contribution is -2.56. The molecular weight excluding hydrogens is 618 g/mol. The third-order valence-corrected chi connectivity index (χ3v) is 9.49. The minimum Gasteiger partial charge on any atom is -0.350 e. The van der Waals surface area contributed by atoms with E-state index in [0.717, 1.165) is 15.4 Å². The van der Waals surface area contributed by atoms with Crippen LogP contribution in [0.25, 0.3) is 0 Å². The number of nitrogens with one attached hydrogen (secondary N) is 1. The number of hydrogen-bond donors (Lipinski definition) is 1. The molecule has 0 saturated heterocycles. The molecule has 0 aliphatic rings. The standard InChI is InChI=1S/C37H42ClN3O4S/c1-27(2)30-19-21-32(22-20-30)41(46(44,45)33-17-10-7-11-18-33)26-35(42)40(25-29-15-12-16-31(38)23-29)34(36(43)39-37(3,4)5)24-28-13-8-6-9-14-28/h6-23,27,34H,24-26H2,1-5H3,(H,39,43)/t34-/m1/s1. The molecule has 0 unspecified atom stereocenters. The summed E-state index contributed by atoms with van der Waals surface area (Å²) in [7, 11) is -4.16. The van der Waals surface area contributed by atoms with E-state index in [1.807, 2.05) is 69.3 Å². The molecule has 2 amide bonds. The van der Waals surface area contributed by atoms with E-state index in [0.29, 0.717) is 16.3 Å². The van der Waals surface area contributed by atoms with Crippen molar-refractivity contribution >= 4 is 39.1 Å². The summed E-state index contributed by atoms with van der Waals surface area (Å²) in [5, 5.41) is 3.53. The maximum absolute atomic E-state index is 14.6. The van der Waals surface area contributed by atoms with Gasteiger partial charge in [-0.2, -0.15) is 0 Å². The predicted octanol–water partition coefficient (Wildman–Crippen LogP) is 7.21. The molecule has 0 aromatic heterocycles. The number of nitrogens with zero attached hydrogens (tertiary/aromatic N) is 2. The van der Waals surface area contributed by atoms with Crippen LogP contribution in [0.4, 0.5) is 5.69 Å². The van der Waals surface area contributed by atoms with Crippen LogP contribution in [0.1, 0.15) is 57.2 Å². The summed E-state index contributed by atoms with van der Waals surface area (Å²) in [5.74, 6) is -0.633. The van der Waals surface area contributed by atoms with E-state index in [9.17, 15) is 18.0 Å². The number of rotatable bonds is 12. The molecule has 0 spiro atoms. The number of carbonyl (C=O) groups is 2. The van der Waals surface area contributed by atoms with Crippen molar-refractivity contribution in [3.05, 3.63) is 131 Å². The van der Waals surface area contributed by atoms with Crippen LogP contribution in [0.2, 0.25) is 5.02 Å². The van der Waals surface area contributed by atoms with Gasteiger partial charge in [-0.25, -0.2) is 8.42 Å². The van der Waals surface area contributed by atoms with Crippen LogP contribution in [0.15, 0.2) is 114 Å². The number of carbonyl (C=O) groups excluding carboxylic acids is 2. The molecule has 9 heteroatoms. The largest absolute Gasteiger partial charge is 0.350 e. The minimum atomic E-state index is -4.16. The number of hydrogen-bond acceptors (Lipinski definition) is 4. The number of anilines is 1. The highest BCUT2D eigenvalue weighted by Crippen LogP contribution is 2.27. The van der Waals surface area contributed by atoms with Crippen LogP contribution in [0.5, 0.6) is 0 Å². The molecule has 1 N–H and O–H groups in total. The third kappa shape index (κ3) is 9.21. The zero-order chi connectivity index (χ0) is 33.5. The Hall–Kier alpha value is -4.14. The SMILES string of the molecule is CC(C)c1ccc(N(CC(=O)N(Cc2cccc(Cl)c2)[C@H](Cc2ccccc2)C(=O)NC(C)(C)C)S(=O)(=O)c2ccccc2)cc1. The van der Waals surface area contributed by atoms with Gasteiger partial charge in [-0.05, 0) is 79.8 Å². The summed E-state index contributed by atoms with van der Waals surface area (Å²) in [6, 6.07) is 30.8. The Bertz CT molecular complexity index is 1720. The lowest BCUT2D eigenvalue weighted by Gasteiger charge is -2.35. The summed E-state index contributed by atoms with van der Waals surface area (Å²) < 4.78 is 29.4. The summed E-state index contributed by atoms with van der Waals surface area (Å²) in [4.78, 5) is 30.1. The summed E-state index contributed by atoms with van der Waals surface area (Å²) in [5.41, 5.74) is 2.39. The van der Waals surface area contributed by atoms with Gasteiger partial charge < -0.3 is 10.2 Å². The van der Waals surface area contributed by atoms with Crippen LogP contribution < -0.4 is 9.62 Å². The van der Waals surface area contributed by atoms with Crippen LogP contribution >= 0.6 is 11.6 Å². The monoisotopic (exact) mass is 659 g/mol. The van der Waals surface area contributed by atoms with E-state index >= 15 is 0 Å². The molecule has 0 aliphatic carbocycles. The van der Waals surface area contributed by atoms with Crippen molar-refractivity contribution in [1.29, 1.82) is 0 Å². The van der Waals surface area contributed by atoms with Crippen LogP contribution in [-0.2, 0) is 32.6 Å². The molecule has 0 saturated carbocycles. The van der Waals surface area contributed by atoms with Gasteiger partial charge in [0.25, 0.3) is 10.0 Å². The van der Waals surface area contributed by atoms with Gasteiger partial charge in [0.1, 0.15) is 12.6 Å². The van der Waals surface area contributed by atoms with Gasteiger partial charge in [-0.15, -0.1) is 0 Å². The molecule has 1 atom stereocenters. The van der Waals surface area contributed by atoms with Gasteiger partial charge in [0.2, 0.25) is 11.8 Å². The van der Waals surface area contributed by atoms with Gasteiger partial charge in [0.15, 0.2) is 0 Å². The Kier molecular flexibility index (Phi) is 11.3. The summed E-state index contributed by atoms with van der Waals surface area (Å²) in [6.07, 6.45) is 0.226. The molecule has 0 aliphatic heterocycles. The second-order valence-electron chi connectivity index (χ2n) is 12.7. The van der Waals surface area contributed by atoms with Crippen molar-refractivity contribution in [2.45, 2.75) is 70.0 Å². The number of benzene rings is 4. The van der Waals surface area contributed by atoms with Crippen molar-refractivity contribution < 1.29 is 18.0 Å². The quantitative estimate of drug-likeness (QED) is 0.174. The molecule has 0 bridgehead atoms. The first-order valence-corrected chi connectivity index (χ1v) is 17.1. The lowest BCUT2D eigenvalue weighted by atomic mass is 10.0. The van der Waals surface area contributed by atoms with Crippen molar-refractivity contribution in [3.63, 3.8) is 0 Å². The van der Waals surface area contributed by atoms with E-state index in [4.69, 9.17) is 11.6 Å². The topological polar surface area (TPSA) is 86.8 Å². The second kappa shape index (κ2) is 15.0. The Balaban J connectivity index is 1.82. The fraction of sp³-hybridized carbons (Fsp3) is 0.297. The number of amides is 2. The second-order valence-corrected chi connectivity index (χ2v) is 15.0. The predicted molar refractivity (Wildman–Crippen MR) is 185 cm³/mol. The summed E-state index contributed by atoms with van der Waals surface area (Å²) in [6.45, 7) is 9.27. The maximum atomic E-state index is 14.6. The zero-order valence-electron chi connectivity index (χ0n) is 27.0. The van der Waals surface area contributed by atoms with E-state index in [1.165, 1.54) is 17.0 Å². The molecule has 0 heterocycles. The number of sulfonamides is 1. The Morgan fingerprint density at radius 2 is 1.39 bits per heavy atom. The minimum absolute atomic E-state index is 0.0416. The average Bonchev–Trinajstić information content (AvgIpc) is 3.01. The highest BCUT2D eigenvalue weighted by molar-refractivity contribution is 7.92. The average molecular weight is 660 g/mol. The normalized spacial score (nSPS) is 12.4. The molecule has 0 radical (unpaired) electrons. The van der Waals surface area contributed by atoms with Crippen LogP contribution in [0.3, 0.4) is 0 Å². The molecule has 0 fully saturated rings. The van der Waals surface area contributed by atoms with E-state index < -0.39 is 34.1 Å². The van der Waals surface area contributed by atoms with Gasteiger partial charge >= 0.3 is 0 Å². The van der Waals surface area contributed by atoms with Crippen LogP contribution in [0, 0.1) is 0 Å². The van der Waals surface area contributed by atoms with E-state index in [-0.39, 0.29) is 29.7 Å². The van der Waals surface area contributed by atoms with Gasteiger partial charge in [0.05, 0.1) is 10.6 Å². The molecular formula is C37H42ClN3O4S. The van der Waals surface area contributed by atoms with Gasteiger partial charge in [0, 0.05) is 23.5 Å². The van der Waals surface area contributed by atoms with Crippen molar-refractivity contribution in [1.82, 2.24) is 10.2 Å². The third-order valence-electron chi connectivity index (χ3n) is 7.47. The molecule has 4 rings (SSSR count). The highest BCUT2D eigenvalue weighted by atomic mass is 35.5. The van der Waals surface area contributed by atoms with Crippen LogP contribution in [-0.4, -0.2) is 43.3 Å². The Labute approximate surface area is 278 Å². The van der Waals surface area contributed by atoms with E-state index in [1.54, 1.807) is 48.5 Å². The van der Waals surface area contributed by atoms with Gasteiger partial charge in [-0.3, -0.25) is 13.9 Å². The summed E-state index contributed by atoms with van der Waals surface area (Å²) >= 11 is 6.32. The van der Waals surface area contributed by atoms with Crippen molar-refractivity contribution in [3.8, 4) is 0 Å². The molecule has 46 heavy (non-hydrogen) atoms. The lowest BCUT2D eigenvalue weighted by molar-refractivity contribution is -0.140. The fourth-order valence-corrected chi connectivity index (χ4v) is 6.76. The van der Waals surface area contributed by atoms with Crippen molar-refractivity contribution in [2.24, 2.45) is 0 Å².